The number of nitrogens with zero attached hydrogens (tertiary/aromatic N) is 2. The fraction of sp³-hybridized carbons (Fsp3) is 0.625. The lowest BCUT2D eigenvalue weighted by molar-refractivity contribution is 0.0359. The lowest BCUT2D eigenvalue weighted by Gasteiger charge is -2.31. The zero-order valence-corrected chi connectivity index (χ0v) is 13.8. The van der Waals surface area contributed by atoms with Crippen LogP contribution in [0.1, 0.15) is 17.5 Å². The molecule has 116 valence electrons. The minimum Gasteiger partial charge on any atom is -0.379 e. The summed E-state index contributed by atoms with van der Waals surface area (Å²) < 4.78 is 5.38. The van der Waals surface area contributed by atoms with Crippen LogP contribution in [0.5, 0.6) is 0 Å². The molecule has 2 aliphatic rings. The Morgan fingerprint density at radius 2 is 1.76 bits per heavy atom. The lowest BCUT2D eigenvalue weighted by atomic mass is 9.99. The van der Waals surface area contributed by atoms with Crippen LogP contribution in [-0.2, 0) is 17.7 Å². The van der Waals surface area contributed by atoms with E-state index in [1.54, 1.807) is 0 Å². The predicted molar refractivity (Wildman–Crippen MR) is 87.3 cm³/mol. The predicted octanol–water partition coefficient (Wildman–Crippen LogP) is 3.07. The van der Waals surface area contributed by atoms with Gasteiger partial charge in [0.05, 0.1) is 13.2 Å². The highest BCUT2D eigenvalue weighted by Gasteiger charge is 2.19. The van der Waals surface area contributed by atoms with E-state index >= 15 is 0 Å². The number of benzene rings is 1. The monoisotopic (exact) mass is 328 g/mol. The average molecular weight is 329 g/mol. The normalized spacial score (nSPS) is 20.5. The van der Waals surface area contributed by atoms with Gasteiger partial charge in [0.15, 0.2) is 0 Å². The van der Waals surface area contributed by atoms with Gasteiger partial charge in [0, 0.05) is 36.2 Å². The molecule has 3 nitrogen and oxygen atoms in total. The Labute approximate surface area is 136 Å². The first kappa shape index (κ1) is 15.6. The van der Waals surface area contributed by atoms with Crippen LogP contribution in [0.4, 0.5) is 0 Å². The molecular weight excluding hydrogens is 307 g/mol. The molecular formula is C16H22Cl2N2O. The Morgan fingerprint density at radius 1 is 1.00 bits per heavy atom. The summed E-state index contributed by atoms with van der Waals surface area (Å²) in [6.45, 7) is 8.30. The van der Waals surface area contributed by atoms with Crippen LogP contribution in [0.3, 0.4) is 0 Å². The third-order valence-electron chi connectivity index (χ3n) is 4.38. The van der Waals surface area contributed by atoms with Crippen molar-refractivity contribution in [3.8, 4) is 0 Å². The molecule has 0 saturated carbocycles. The summed E-state index contributed by atoms with van der Waals surface area (Å²) >= 11 is 12.4. The van der Waals surface area contributed by atoms with Crippen LogP contribution in [0.15, 0.2) is 12.1 Å². The zero-order chi connectivity index (χ0) is 14.7. The molecule has 5 heteroatoms. The van der Waals surface area contributed by atoms with Crippen LogP contribution in [-0.4, -0.2) is 55.7 Å². The average Bonchev–Trinajstić information content (AvgIpc) is 2.48. The quantitative estimate of drug-likeness (QED) is 0.844. The van der Waals surface area contributed by atoms with Crippen LogP contribution < -0.4 is 0 Å². The van der Waals surface area contributed by atoms with E-state index in [2.05, 4.69) is 15.9 Å². The van der Waals surface area contributed by atoms with Crippen molar-refractivity contribution in [2.75, 3.05) is 45.9 Å². The molecule has 21 heavy (non-hydrogen) atoms. The van der Waals surface area contributed by atoms with E-state index in [1.807, 2.05) is 6.07 Å². The smallest absolute Gasteiger partial charge is 0.0594 e. The molecule has 0 atom stereocenters. The number of rotatable bonds is 4. The summed E-state index contributed by atoms with van der Waals surface area (Å²) in [5.74, 6) is 0. The first-order chi connectivity index (χ1) is 10.2. The maximum atomic E-state index is 6.28. The number of morpholine rings is 1. The van der Waals surface area contributed by atoms with E-state index in [0.717, 1.165) is 62.4 Å². The van der Waals surface area contributed by atoms with Crippen molar-refractivity contribution in [2.24, 2.45) is 0 Å². The minimum absolute atomic E-state index is 0.744. The Balaban J connectivity index is 1.49. The molecule has 0 amide bonds. The van der Waals surface area contributed by atoms with Crippen molar-refractivity contribution in [2.45, 2.75) is 19.4 Å². The van der Waals surface area contributed by atoms with Gasteiger partial charge in [0.1, 0.15) is 0 Å². The van der Waals surface area contributed by atoms with Gasteiger partial charge in [-0.25, -0.2) is 0 Å². The Hall–Kier alpha value is -0.320. The molecule has 1 aromatic carbocycles. The first-order valence-electron chi connectivity index (χ1n) is 7.71. The molecule has 0 bridgehead atoms. The third-order valence-corrected chi connectivity index (χ3v) is 4.93. The standard InChI is InChI=1S/C16H22Cl2N2O/c17-14-10-13-12-20(5-2-15(13)16(18)11-14)4-1-3-19-6-8-21-9-7-19/h10-11H,1-9,12H2. The van der Waals surface area contributed by atoms with Crippen molar-refractivity contribution in [3.05, 3.63) is 33.3 Å². The summed E-state index contributed by atoms with van der Waals surface area (Å²) in [6, 6.07) is 3.92. The van der Waals surface area contributed by atoms with Gasteiger partial charge in [-0.1, -0.05) is 23.2 Å². The van der Waals surface area contributed by atoms with Gasteiger partial charge in [-0.15, -0.1) is 0 Å². The highest BCUT2D eigenvalue weighted by atomic mass is 35.5. The molecule has 1 aromatic rings. The van der Waals surface area contributed by atoms with Gasteiger partial charge < -0.3 is 4.74 Å². The van der Waals surface area contributed by atoms with Crippen molar-refractivity contribution in [1.29, 1.82) is 0 Å². The molecule has 0 radical (unpaired) electrons. The number of ether oxygens (including phenoxy) is 1. The second-order valence-electron chi connectivity index (χ2n) is 5.86. The molecule has 1 fully saturated rings. The maximum Gasteiger partial charge on any atom is 0.0594 e. The Kier molecular flexibility index (Phi) is 5.41. The van der Waals surface area contributed by atoms with Gasteiger partial charge in [0.25, 0.3) is 0 Å². The summed E-state index contributed by atoms with van der Waals surface area (Å²) in [4.78, 5) is 5.00. The molecule has 0 aliphatic carbocycles. The summed E-state index contributed by atoms with van der Waals surface area (Å²) in [5.41, 5.74) is 2.58. The first-order valence-corrected chi connectivity index (χ1v) is 8.47. The molecule has 0 aromatic heterocycles. The van der Waals surface area contributed by atoms with Crippen molar-refractivity contribution in [3.63, 3.8) is 0 Å². The Morgan fingerprint density at radius 3 is 2.57 bits per heavy atom. The molecule has 0 spiro atoms. The van der Waals surface area contributed by atoms with Crippen LogP contribution in [0.25, 0.3) is 0 Å². The van der Waals surface area contributed by atoms with Crippen molar-refractivity contribution >= 4 is 23.2 Å². The molecule has 0 N–H and O–H groups in total. The molecule has 2 heterocycles. The minimum atomic E-state index is 0.744. The van der Waals surface area contributed by atoms with Gasteiger partial charge in [-0.3, -0.25) is 9.80 Å². The van der Waals surface area contributed by atoms with Gasteiger partial charge in [0.2, 0.25) is 0 Å². The fourth-order valence-corrected chi connectivity index (χ4v) is 3.83. The fourth-order valence-electron chi connectivity index (χ4n) is 3.20. The molecule has 1 saturated heterocycles. The van der Waals surface area contributed by atoms with Crippen molar-refractivity contribution < 1.29 is 4.74 Å². The van der Waals surface area contributed by atoms with Gasteiger partial charge in [-0.05, 0) is 49.2 Å². The SMILES string of the molecule is Clc1cc(Cl)c2c(c1)CN(CCCN1CCOCC1)CC2. The topological polar surface area (TPSA) is 15.7 Å². The van der Waals surface area contributed by atoms with Gasteiger partial charge >= 0.3 is 0 Å². The number of hydrogen-bond donors (Lipinski definition) is 0. The van der Waals surface area contributed by atoms with Gasteiger partial charge in [-0.2, -0.15) is 0 Å². The number of fused-ring (bicyclic) bond motifs is 1. The van der Waals surface area contributed by atoms with E-state index in [4.69, 9.17) is 27.9 Å². The highest BCUT2D eigenvalue weighted by Crippen LogP contribution is 2.29. The summed E-state index contributed by atoms with van der Waals surface area (Å²) in [5, 5.41) is 1.57. The molecule has 3 rings (SSSR count). The van der Waals surface area contributed by atoms with E-state index < -0.39 is 0 Å². The maximum absolute atomic E-state index is 6.28. The lowest BCUT2D eigenvalue weighted by Crippen LogP contribution is -2.38. The van der Waals surface area contributed by atoms with Crippen molar-refractivity contribution in [1.82, 2.24) is 9.80 Å². The van der Waals surface area contributed by atoms with Crippen LogP contribution in [0, 0.1) is 0 Å². The molecule has 2 aliphatic heterocycles. The zero-order valence-electron chi connectivity index (χ0n) is 12.3. The number of hydrogen-bond acceptors (Lipinski definition) is 3. The second-order valence-corrected chi connectivity index (χ2v) is 6.70. The second kappa shape index (κ2) is 7.30. The van der Waals surface area contributed by atoms with Crippen LogP contribution in [0.2, 0.25) is 10.0 Å². The Bertz CT molecular complexity index is 489. The summed E-state index contributed by atoms with van der Waals surface area (Å²) in [7, 11) is 0. The van der Waals surface area contributed by atoms with E-state index in [0.29, 0.717) is 0 Å². The van der Waals surface area contributed by atoms with Crippen LogP contribution >= 0.6 is 23.2 Å². The molecule has 0 unspecified atom stereocenters. The van der Waals surface area contributed by atoms with E-state index in [1.165, 1.54) is 24.1 Å². The number of halogens is 2. The van der Waals surface area contributed by atoms with E-state index in [-0.39, 0.29) is 0 Å². The third kappa shape index (κ3) is 4.11. The highest BCUT2D eigenvalue weighted by molar-refractivity contribution is 6.35. The summed E-state index contributed by atoms with van der Waals surface area (Å²) in [6.07, 6.45) is 2.24. The van der Waals surface area contributed by atoms with E-state index in [9.17, 15) is 0 Å². The largest absolute Gasteiger partial charge is 0.379 e.